The highest BCUT2D eigenvalue weighted by Crippen LogP contribution is 2.22. The van der Waals surface area contributed by atoms with Crippen LogP contribution in [0.4, 0.5) is 0 Å². The third-order valence-corrected chi connectivity index (χ3v) is 5.70. The molecule has 26 heavy (non-hydrogen) atoms. The molecule has 1 aliphatic heterocycles. The Morgan fingerprint density at radius 2 is 1.96 bits per heavy atom. The van der Waals surface area contributed by atoms with Gasteiger partial charge in [-0.05, 0) is 57.9 Å². The maximum absolute atomic E-state index is 11.8. The highest BCUT2D eigenvalue weighted by atomic mass is 79.9. The number of ether oxygens (including phenoxy) is 2. The van der Waals surface area contributed by atoms with Gasteiger partial charge in [0.05, 0.1) is 19.8 Å². The van der Waals surface area contributed by atoms with Gasteiger partial charge in [0, 0.05) is 36.2 Å². The van der Waals surface area contributed by atoms with Crippen LogP contribution in [-0.4, -0.2) is 67.2 Å². The van der Waals surface area contributed by atoms with E-state index in [1.165, 1.54) is 5.56 Å². The highest BCUT2D eigenvalue weighted by molar-refractivity contribution is 9.10. The fourth-order valence-corrected chi connectivity index (χ4v) is 3.75. The topological polar surface area (TPSA) is 42.0 Å². The van der Waals surface area contributed by atoms with E-state index in [0.29, 0.717) is 31.8 Å². The molecule has 1 aromatic carbocycles. The summed E-state index contributed by atoms with van der Waals surface area (Å²) in [6.07, 6.45) is 0.992. The number of benzene rings is 1. The van der Waals surface area contributed by atoms with E-state index in [1.54, 1.807) is 0 Å². The van der Waals surface area contributed by atoms with Crippen molar-refractivity contribution >= 4 is 21.9 Å². The minimum absolute atomic E-state index is 0.127. The molecule has 1 aromatic rings. The Kier molecular flexibility index (Phi) is 8.38. The van der Waals surface area contributed by atoms with Crippen molar-refractivity contribution in [3.05, 3.63) is 28.2 Å². The number of hydrogen-bond acceptors (Lipinski definition) is 5. The fourth-order valence-electron chi connectivity index (χ4n) is 3.50. The Hall–Kier alpha value is -1.11. The fraction of sp³-hybridized carbons (Fsp3) is 0.650. The van der Waals surface area contributed by atoms with E-state index in [-0.39, 0.29) is 5.97 Å². The van der Waals surface area contributed by atoms with Crippen LogP contribution in [0.15, 0.2) is 22.7 Å². The molecule has 0 spiro atoms. The summed E-state index contributed by atoms with van der Waals surface area (Å²) in [7, 11) is 0. The molecule has 6 heteroatoms. The lowest BCUT2D eigenvalue weighted by Gasteiger charge is -2.44. The molecule has 1 aliphatic rings. The van der Waals surface area contributed by atoms with Gasteiger partial charge < -0.3 is 14.4 Å². The number of piperazine rings is 1. The summed E-state index contributed by atoms with van der Waals surface area (Å²) in [6.45, 7) is 12.8. The first-order chi connectivity index (χ1) is 12.4. The van der Waals surface area contributed by atoms with Crippen molar-refractivity contribution < 1.29 is 14.3 Å². The predicted molar refractivity (Wildman–Crippen MR) is 108 cm³/mol. The number of aryl methyl sites for hydroxylation is 1. The third kappa shape index (κ3) is 6.25. The molecule has 0 radical (unpaired) electrons. The SMILES string of the molecule is CCOC(=O)CN1[C@H](C)CN(CCCOc2ccc(Br)c(C)c2)C[C@@H]1C. The quantitative estimate of drug-likeness (QED) is 0.470. The lowest BCUT2D eigenvalue weighted by Crippen LogP contribution is -2.58. The zero-order valence-corrected chi connectivity index (χ0v) is 17.9. The monoisotopic (exact) mass is 426 g/mol. The van der Waals surface area contributed by atoms with Gasteiger partial charge in [0.1, 0.15) is 5.75 Å². The average molecular weight is 427 g/mol. The van der Waals surface area contributed by atoms with Crippen LogP contribution in [0, 0.1) is 6.92 Å². The summed E-state index contributed by atoms with van der Waals surface area (Å²) in [5.74, 6) is 0.796. The smallest absolute Gasteiger partial charge is 0.320 e. The second-order valence-corrected chi connectivity index (χ2v) is 7.90. The van der Waals surface area contributed by atoms with Crippen molar-refractivity contribution in [3.8, 4) is 5.75 Å². The molecule has 0 amide bonds. The summed E-state index contributed by atoms with van der Waals surface area (Å²) >= 11 is 3.51. The van der Waals surface area contributed by atoms with Crippen LogP contribution in [0.2, 0.25) is 0 Å². The van der Waals surface area contributed by atoms with Crippen molar-refractivity contribution in [2.24, 2.45) is 0 Å². The molecular weight excluding hydrogens is 396 g/mol. The first-order valence-electron chi connectivity index (χ1n) is 9.43. The van der Waals surface area contributed by atoms with E-state index in [4.69, 9.17) is 9.47 Å². The van der Waals surface area contributed by atoms with Crippen molar-refractivity contribution in [1.29, 1.82) is 0 Å². The predicted octanol–water partition coefficient (Wildman–Crippen LogP) is 3.48. The van der Waals surface area contributed by atoms with Gasteiger partial charge >= 0.3 is 5.97 Å². The number of carbonyl (C=O) groups is 1. The molecule has 0 aromatic heterocycles. The zero-order valence-electron chi connectivity index (χ0n) is 16.3. The van der Waals surface area contributed by atoms with Gasteiger partial charge in [-0.15, -0.1) is 0 Å². The van der Waals surface area contributed by atoms with Gasteiger partial charge in [-0.2, -0.15) is 0 Å². The van der Waals surface area contributed by atoms with Crippen molar-refractivity contribution in [3.63, 3.8) is 0 Å². The van der Waals surface area contributed by atoms with E-state index in [1.807, 2.05) is 19.1 Å². The Morgan fingerprint density at radius 1 is 1.27 bits per heavy atom. The summed E-state index contributed by atoms with van der Waals surface area (Å²) < 4.78 is 12.1. The number of halogens is 1. The van der Waals surface area contributed by atoms with E-state index in [0.717, 1.165) is 36.3 Å². The first-order valence-corrected chi connectivity index (χ1v) is 10.2. The van der Waals surface area contributed by atoms with E-state index >= 15 is 0 Å². The Labute approximate surface area is 165 Å². The lowest BCUT2D eigenvalue weighted by molar-refractivity contribution is -0.146. The van der Waals surface area contributed by atoms with Crippen LogP contribution in [0.25, 0.3) is 0 Å². The Balaban J connectivity index is 1.72. The molecule has 2 atom stereocenters. The van der Waals surface area contributed by atoms with Crippen LogP contribution in [0.5, 0.6) is 5.75 Å². The summed E-state index contributed by atoms with van der Waals surface area (Å²) in [5.41, 5.74) is 1.18. The van der Waals surface area contributed by atoms with E-state index in [9.17, 15) is 4.79 Å². The Morgan fingerprint density at radius 3 is 2.58 bits per heavy atom. The molecule has 0 unspecified atom stereocenters. The minimum Gasteiger partial charge on any atom is -0.494 e. The summed E-state index contributed by atoms with van der Waals surface area (Å²) in [4.78, 5) is 16.5. The number of nitrogens with zero attached hydrogens (tertiary/aromatic N) is 2. The van der Waals surface area contributed by atoms with E-state index in [2.05, 4.69) is 52.6 Å². The normalized spacial score (nSPS) is 21.6. The molecule has 1 heterocycles. The van der Waals surface area contributed by atoms with E-state index < -0.39 is 0 Å². The molecule has 146 valence electrons. The van der Waals surface area contributed by atoms with Gasteiger partial charge in [-0.25, -0.2) is 0 Å². The number of carbonyl (C=O) groups excluding carboxylic acids is 1. The van der Waals surface area contributed by atoms with Gasteiger partial charge in [-0.3, -0.25) is 9.69 Å². The number of rotatable bonds is 8. The maximum atomic E-state index is 11.8. The molecule has 1 fully saturated rings. The first kappa shape index (κ1) is 21.2. The molecule has 1 saturated heterocycles. The van der Waals surface area contributed by atoms with Gasteiger partial charge in [0.25, 0.3) is 0 Å². The van der Waals surface area contributed by atoms with Crippen LogP contribution in [0.3, 0.4) is 0 Å². The molecule has 0 N–H and O–H groups in total. The largest absolute Gasteiger partial charge is 0.494 e. The minimum atomic E-state index is -0.127. The number of hydrogen-bond donors (Lipinski definition) is 0. The molecular formula is C20H31BrN2O3. The van der Waals surface area contributed by atoms with Gasteiger partial charge in [-0.1, -0.05) is 15.9 Å². The molecule has 5 nitrogen and oxygen atoms in total. The Bertz CT molecular complexity index is 584. The molecule has 0 saturated carbocycles. The highest BCUT2D eigenvalue weighted by Gasteiger charge is 2.30. The average Bonchev–Trinajstić information content (AvgIpc) is 2.58. The number of esters is 1. The zero-order chi connectivity index (χ0) is 19.1. The molecule has 0 bridgehead atoms. The van der Waals surface area contributed by atoms with Crippen LogP contribution in [-0.2, 0) is 9.53 Å². The van der Waals surface area contributed by atoms with Crippen LogP contribution < -0.4 is 4.74 Å². The van der Waals surface area contributed by atoms with Gasteiger partial charge in [0.15, 0.2) is 0 Å². The standard InChI is InChI=1S/C20H31BrN2O3/c1-5-25-20(24)14-23-16(3)12-22(13-17(23)4)9-6-10-26-18-7-8-19(21)15(2)11-18/h7-8,11,16-17H,5-6,9-10,12-14H2,1-4H3/t16-,17+. The van der Waals surface area contributed by atoms with Crippen molar-refractivity contribution in [2.45, 2.75) is 46.2 Å². The summed E-state index contributed by atoms with van der Waals surface area (Å²) in [5, 5.41) is 0. The van der Waals surface area contributed by atoms with Crippen molar-refractivity contribution in [1.82, 2.24) is 9.80 Å². The summed E-state index contributed by atoms with van der Waals surface area (Å²) in [6, 6.07) is 6.77. The van der Waals surface area contributed by atoms with Crippen LogP contribution in [0.1, 0.15) is 32.8 Å². The molecule has 2 rings (SSSR count). The third-order valence-electron chi connectivity index (χ3n) is 4.81. The maximum Gasteiger partial charge on any atom is 0.320 e. The van der Waals surface area contributed by atoms with Crippen molar-refractivity contribution in [2.75, 3.05) is 39.4 Å². The van der Waals surface area contributed by atoms with Crippen LogP contribution >= 0.6 is 15.9 Å². The lowest BCUT2D eigenvalue weighted by atomic mass is 10.1. The second-order valence-electron chi connectivity index (χ2n) is 7.05. The van der Waals surface area contributed by atoms with Gasteiger partial charge in [0.2, 0.25) is 0 Å². The second kappa shape index (κ2) is 10.3. The molecule has 0 aliphatic carbocycles.